The molecule has 14 heavy (non-hydrogen) atoms. The highest BCUT2D eigenvalue weighted by Crippen LogP contribution is 1.89. The topological polar surface area (TPSA) is 0 Å². The van der Waals surface area contributed by atoms with Gasteiger partial charge in [-0.15, -0.1) is 0 Å². The van der Waals surface area contributed by atoms with Gasteiger partial charge in [-0.25, -0.2) is 0 Å². The Bertz CT molecular complexity index is 116. The Morgan fingerprint density at radius 2 is 0.643 bits per heavy atom. The lowest BCUT2D eigenvalue weighted by Gasteiger charge is -2.20. The zero-order chi connectivity index (χ0) is 9.64. The van der Waals surface area contributed by atoms with Gasteiger partial charge in [0.25, 0.3) is 0 Å². The molecule has 26 radical (unpaired) electrons. The van der Waals surface area contributed by atoms with Crippen molar-refractivity contribution in [3.05, 3.63) is 0 Å². The second-order valence-corrected chi connectivity index (χ2v) is 60.8. The Balaban J connectivity index is 1.83. The van der Waals surface area contributed by atoms with Crippen molar-refractivity contribution in [3.8, 4) is 0 Å². The monoisotopic (exact) mass is 392 g/mol. The summed E-state index contributed by atoms with van der Waals surface area (Å²) in [5.74, 6) is 0. The molecule has 0 bridgehead atoms. The summed E-state index contributed by atoms with van der Waals surface area (Å²) in [5, 5.41) is 0. The molecule has 0 nitrogen and oxygen atoms in total. The zero-order valence-electron chi connectivity index (χ0n) is 7.00. The maximum atomic E-state index is 1.56. The van der Waals surface area contributed by atoms with Crippen LogP contribution in [-0.4, -0.2) is 117 Å². The molecule has 0 aliphatic carbocycles. The van der Waals surface area contributed by atoms with Crippen LogP contribution in [0.4, 0.5) is 0 Å². The van der Waals surface area contributed by atoms with Crippen LogP contribution in [-0.2, 0) is 0 Å². The van der Waals surface area contributed by atoms with Gasteiger partial charge in [-0.1, -0.05) is 0 Å². The molecule has 0 saturated carbocycles. The number of rotatable bonds is 1. The molecule has 0 spiro atoms. The first-order valence-corrected chi connectivity index (χ1v) is 33.8. The van der Waals surface area contributed by atoms with Gasteiger partial charge in [0.05, 0.1) is 0 Å². The van der Waals surface area contributed by atoms with Crippen LogP contribution in [0.25, 0.3) is 0 Å². The van der Waals surface area contributed by atoms with Gasteiger partial charge in [-0.3, -0.25) is 0 Å². The smallest absolute Gasteiger partial charge is 0 e. The standard InChI is InChI=1S/Si14/c1-2-6-10-13(9-5-1)14-11-7-3-4-8-12-14. The van der Waals surface area contributed by atoms with Crippen molar-refractivity contribution in [1.82, 2.24) is 0 Å². The lowest BCUT2D eigenvalue weighted by atomic mass is 25.9. The van der Waals surface area contributed by atoms with Crippen molar-refractivity contribution in [2.24, 2.45) is 0 Å². The quantitative estimate of drug-likeness (QED) is 0.391. The van der Waals surface area contributed by atoms with Gasteiger partial charge in [0.2, 0.25) is 0 Å². The number of hydrogen-bond donors (Lipinski definition) is 0. The molecule has 2 aliphatic rings. The average molecular weight is 393 g/mol. The Hall–Kier alpha value is 3.04. The van der Waals surface area contributed by atoms with E-state index in [0.717, 1.165) is 0 Å². The molecule has 0 amide bonds. The van der Waals surface area contributed by atoms with Crippen molar-refractivity contribution in [3.63, 3.8) is 0 Å². The molecule has 2 rings (SSSR count). The van der Waals surface area contributed by atoms with Crippen LogP contribution in [0.1, 0.15) is 0 Å². The second kappa shape index (κ2) is 8.19. The van der Waals surface area contributed by atoms with Crippen molar-refractivity contribution in [2.75, 3.05) is 0 Å². The third kappa shape index (κ3) is 4.73. The Labute approximate surface area is 116 Å². The third-order valence-corrected chi connectivity index (χ3v) is 111. The van der Waals surface area contributed by atoms with E-state index in [4.69, 9.17) is 0 Å². The van der Waals surface area contributed by atoms with E-state index in [2.05, 4.69) is 0 Å². The molecule has 0 aromatic heterocycles. The largest absolute Gasteiger partial charge is 0 e. The molecule has 0 aromatic rings. The molecule has 2 aliphatic heterocycles. The third-order valence-electron chi connectivity index (χ3n) is 1.38. The van der Waals surface area contributed by atoms with Crippen LogP contribution in [0.15, 0.2) is 0 Å². The molecule has 2 saturated heterocycles. The highest BCUT2D eigenvalue weighted by molar-refractivity contribution is 8.03. The summed E-state index contributed by atoms with van der Waals surface area (Å²) in [5.41, 5.74) is 0. The first-order chi connectivity index (χ1) is 6.97. The molecule has 0 aromatic carbocycles. The van der Waals surface area contributed by atoms with Crippen molar-refractivity contribution in [2.45, 2.75) is 0 Å². The molecule has 0 atom stereocenters. The molecule has 0 unspecified atom stereocenters. The van der Waals surface area contributed by atoms with E-state index >= 15 is 0 Å². The van der Waals surface area contributed by atoms with Gasteiger partial charge in [-0.05, 0) is 0 Å². The van der Waals surface area contributed by atoms with Crippen molar-refractivity contribution in [1.29, 1.82) is 0 Å². The van der Waals surface area contributed by atoms with E-state index < -0.39 is 0 Å². The highest BCUT2D eigenvalue weighted by atomic mass is 30.4. The second-order valence-electron chi connectivity index (χ2n) is 2.25. The Morgan fingerprint density at radius 1 is 0.357 bits per heavy atom. The van der Waals surface area contributed by atoms with Gasteiger partial charge < -0.3 is 0 Å². The summed E-state index contributed by atoms with van der Waals surface area (Å²) >= 11 is 0. The Morgan fingerprint density at radius 3 is 0.929 bits per heavy atom. The van der Waals surface area contributed by atoms with Crippen LogP contribution in [0.2, 0.25) is 0 Å². The fourth-order valence-electron chi connectivity index (χ4n) is 0.812. The molecular formula is Si14. The lowest BCUT2D eigenvalue weighted by molar-refractivity contribution is 3.56. The van der Waals surface area contributed by atoms with Crippen molar-refractivity contribution >= 4 is 117 Å². The van der Waals surface area contributed by atoms with Gasteiger partial charge in [0, 0.05) is 117 Å². The van der Waals surface area contributed by atoms with Gasteiger partial charge in [0.15, 0.2) is 0 Å². The molecule has 0 N–H and O–H groups in total. The minimum atomic E-state index is 0.336. The summed E-state index contributed by atoms with van der Waals surface area (Å²) in [6.07, 6.45) is 0. The van der Waals surface area contributed by atoms with E-state index in [1.165, 1.54) is 68.4 Å². The minimum Gasteiger partial charge on any atom is 0 e. The van der Waals surface area contributed by atoms with Gasteiger partial charge >= 0.3 is 0 Å². The Kier molecular flexibility index (Phi) is 7.88. The summed E-state index contributed by atoms with van der Waals surface area (Å²) in [6.45, 7) is 0. The van der Waals surface area contributed by atoms with E-state index in [-0.39, 0.29) is 0 Å². The summed E-state index contributed by atoms with van der Waals surface area (Å²) in [7, 11) is 18.5. The van der Waals surface area contributed by atoms with E-state index in [1.807, 2.05) is 0 Å². The van der Waals surface area contributed by atoms with Gasteiger partial charge in [0.1, 0.15) is 0 Å². The van der Waals surface area contributed by atoms with E-state index in [1.54, 1.807) is 34.2 Å². The fraction of sp³-hybridized carbons (Fsp3) is 0. The SMILES string of the molecule is [Si]1[Si][Si][Si][Si]([Si]2[Si][Si][Si][Si][Si][Si]2)[Si][Si]1. The zero-order valence-corrected chi connectivity index (χ0v) is 21.0. The van der Waals surface area contributed by atoms with Crippen LogP contribution in [0, 0.1) is 0 Å². The molecule has 2 fully saturated rings. The van der Waals surface area contributed by atoms with E-state index in [0.29, 0.717) is 14.7 Å². The maximum Gasteiger partial charge on any atom is 0 e. The molecule has 56 valence electrons. The minimum absolute atomic E-state index is 0.336. The summed E-state index contributed by atoms with van der Waals surface area (Å²) in [6, 6.07) is 0. The van der Waals surface area contributed by atoms with E-state index in [9.17, 15) is 0 Å². The highest BCUT2D eigenvalue weighted by Gasteiger charge is 2.27. The normalized spacial score (nSPS) is 28.3. The first-order valence-electron chi connectivity index (χ1n) is 3.75. The predicted octanol–water partition coefficient (Wildman–Crippen LogP) is -5.33. The maximum absolute atomic E-state index is 1.56. The fourth-order valence-corrected chi connectivity index (χ4v) is 197. The van der Waals surface area contributed by atoms with Gasteiger partial charge in [-0.2, -0.15) is 0 Å². The summed E-state index contributed by atoms with van der Waals surface area (Å²) in [4.78, 5) is 0. The average Bonchev–Trinajstić information content (AvgIpc) is 2.62. The van der Waals surface area contributed by atoms with Crippen LogP contribution < -0.4 is 0 Å². The summed E-state index contributed by atoms with van der Waals surface area (Å²) < 4.78 is 0. The molecule has 14 heteroatoms. The van der Waals surface area contributed by atoms with Crippen molar-refractivity contribution < 1.29 is 0 Å². The predicted molar refractivity (Wildman–Crippen MR) is 80.6 cm³/mol. The molecular weight excluding hydrogens is 393 g/mol. The van der Waals surface area contributed by atoms with Crippen LogP contribution in [0.3, 0.4) is 0 Å². The molecule has 2 heterocycles. The first kappa shape index (κ1) is 13.5. The lowest BCUT2D eigenvalue weighted by Crippen LogP contribution is -2.58. The number of hydrogen-bond acceptors (Lipinski definition) is 0. The van der Waals surface area contributed by atoms with Crippen LogP contribution in [0.5, 0.6) is 0 Å². The van der Waals surface area contributed by atoms with Crippen LogP contribution >= 0.6 is 0 Å².